The number of aliphatic imine (C=N–C) groups is 1. The van der Waals surface area contributed by atoms with Gasteiger partial charge in [0.25, 0.3) is 11.8 Å². The maximum absolute atomic E-state index is 13.8. The fourth-order valence-corrected chi connectivity index (χ4v) is 5.68. The van der Waals surface area contributed by atoms with Gasteiger partial charge in [0.05, 0.1) is 30.4 Å². The normalized spacial score (nSPS) is 27.9. The molecule has 0 radical (unpaired) electrons. The predicted octanol–water partition coefficient (Wildman–Crippen LogP) is 3.62. The number of fused-ring (bicyclic) bond motifs is 3. The molecule has 4 aliphatic rings. The molecule has 1 saturated carbocycles. The van der Waals surface area contributed by atoms with Crippen LogP contribution in [0.25, 0.3) is 0 Å². The van der Waals surface area contributed by atoms with E-state index in [9.17, 15) is 4.79 Å². The molecular weight excluding hydrogens is 446 g/mol. The molecule has 9 nitrogen and oxygen atoms in total. The van der Waals surface area contributed by atoms with Gasteiger partial charge < -0.3 is 23.8 Å². The first-order valence-electron chi connectivity index (χ1n) is 11.5. The van der Waals surface area contributed by atoms with E-state index in [1.807, 2.05) is 23.1 Å². The fraction of sp³-hybridized carbons (Fsp3) is 0.565. The van der Waals surface area contributed by atoms with Crippen LogP contribution in [0.4, 0.5) is 11.4 Å². The number of hydrogen-bond donors (Lipinski definition) is 0. The van der Waals surface area contributed by atoms with Gasteiger partial charge in [-0.3, -0.25) is 9.79 Å². The summed E-state index contributed by atoms with van der Waals surface area (Å²) in [6.07, 6.45) is 7.46. The smallest absolute Gasteiger partial charge is 0.254 e. The first-order chi connectivity index (χ1) is 16.1. The highest BCUT2D eigenvalue weighted by molar-refractivity contribution is 6.31. The van der Waals surface area contributed by atoms with E-state index in [1.54, 1.807) is 18.3 Å². The molecule has 3 aliphatic heterocycles. The Morgan fingerprint density at radius 3 is 2.85 bits per heavy atom. The molecule has 3 atom stereocenters. The molecule has 33 heavy (non-hydrogen) atoms. The van der Waals surface area contributed by atoms with Gasteiger partial charge in [0.15, 0.2) is 6.04 Å². The van der Waals surface area contributed by atoms with Crippen molar-refractivity contribution in [2.45, 2.75) is 62.3 Å². The summed E-state index contributed by atoms with van der Waals surface area (Å²) in [4.78, 5) is 26.8. The van der Waals surface area contributed by atoms with E-state index in [0.29, 0.717) is 23.3 Å². The maximum Gasteiger partial charge on any atom is 0.254 e. The third kappa shape index (κ3) is 3.36. The summed E-state index contributed by atoms with van der Waals surface area (Å²) >= 11 is 6.30. The van der Waals surface area contributed by atoms with Gasteiger partial charge >= 0.3 is 0 Å². The van der Waals surface area contributed by atoms with Crippen LogP contribution in [0.5, 0.6) is 0 Å². The number of halogens is 1. The summed E-state index contributed by atoms with van der Waals surface area (Å²) in [6.45, 7) is 1.20. The van der Waals surface area contributed by atoms with Gasteiger partial charge in [0, 0.05) is 18.7 Å². The SMILES string of the molecule is COC1(c2noc(C3N=CN4c5ccc(Cl)cc5N(CC5CCCO5)C(=O)C34)n2)CCCC1. The molecule has 6 rings (SSSR count). The zero-order valence-electron chi connectivity index (χ0n) is 18.4. The average molecular weight is 472 g/mol. The number of benzene rings is 1. The molecule has 1 aliphatic carbocycles. The Labute approximate surface area is 196 Å². The number of hydrogen-bond acceptors (Lipinski definition) is 8. The second kappa shape index (κ2) is 8.07. The molecule has 1 aromatic carbocycles. The first-order valence-corrected chi connectivity index (χ1v) is 11.9. The third-order valence-corrected chi connectivity index (χ3v) is 7.53. The lowest BCUT2D eigenvalue weighted by Crippen LogP contribution is -2.54. The van der Waals surface area contributed by atoms with E-state index in [-0.39, 0.29) is 12.0 Å². The molecule has 1 amide bonds. The molecule has 1 aromatic heterocycles. The molecule has 2 fully saturated rings. The standard InChI is InChI=1S/C23H26ClN5O4/c1-31-23(8-2-3-9-23)22-26-20(33-27-22)18-19-21(30)28(12-15-5-4-10-32-15)17-11-14(24)6-7-16(17)29(19)13-25-18/h6-7,11,13,15,18-19H,2-5,8-10,12H2,1H3. The molecule has 2 aromatic rings. The van der Waals surface area contributed by atoms with Crippen LogP contribution in [0, 0.1) is 0 Å². The van der Waals surface area contributed by atoms with Crippen LogP contribution in [0.15, 0.2) is 27.7 Å². The van der Waals surface area contributed by atoms with Crippen molar-refractivity contribution < 1.29 is 18.8 Å². The van der Waals surface area contributed by atoms with Crippen LogP contribution in [-0.2, 0) is 19.9 Å². The quantitative estimate of drug-likeness (QED) is 0.657. The van der Waals surface area contributed by atoms with Crippen LogP contribution < -0.4 is 9.80 Å². The minimum absolute atomic E-state index is 0.00652. The maximum atomic E-state index is 13.8. The second-order valence-corrected chi connectivity index (χ2v) is 9.58. The van der Waals surface area contributed by atoms with Crippen LogP contribution >= 0.6 is 11.6 Å². The van der Waals surface area contributed by atoms with Crippen molar-refractivity contribution in [1.29, 1.82) is 0 Å². The number of aromatic nitrogens is 2. The molecule has 0 spiro atoms. The summed E-state index contributed by atoms with van der Waals surface area (Å²) < 4.78 is 17.3. The fourth-order valence-electron chi connectivity index (χ4n) is 5.51. The lowest BCUT2D eigenvalue weighted by atomic mass is 10.00. The molecule has 0 N–H and O–H groups in total. The molecule has 1 saturated heterocycles. The monoisotopic (exact) mass is 471 g/mol. The van der Waals surface area contributed by atoms with Crippen LogP contribution in [0.1, 0.15) is 56.3 Å². The number of rotatable bonds is 5. The predicted molar refractivity (Wildman–Crippen MR) is 122 cm³/mol. The van der Waals surface area contributed by atoms with Crippen LogP contribution in [0.3, 0.4) is 0 Å². The van der Waals surface area contributed by atoms with Gasteiger partial charge in [-0.25, -0.2) is 0 Å². The minimum Gasteiger partial charge on any atom is -0.376 e. The number of carbonyl (C=O) groups is 1. The molecular formula is C23H26ClN5O4. The van der Waals surface area contributed by atoms with Crippen molar-refractivity contribution in [2.75, 3.05) is 30.1 Å². The molecule has 4 heterocycles. The zero-order chi connectivity index (χ0) is 22.6. The van der Waals surface area contributed by atoms with E-state index >= 15 is 0 Å². The Hall–Kier alpha value is -2.49. The van der Waals surface area contributed by atoms with Crippen LogP contribution in [-0.4, -0.2) is 54.8 Å². The largest absolute Gasteiger partial charge is 0.376 e. The molecule has 10 heteroatoms. The Balaban J connectivity index is 1.35. The third-order valence-electron chi connectivity index (χ3n) is 7.29. The van der Waals surface area contributed by atoms with E-state index in [1.165, 1.54) is 0 Å². The number of amides is 1. The zero-order valence-corrected chi connectivity index (χ0v) is 19.2. The Morgan fingerprint density at radius 1 is 1.24 bits per heavy atom. The molecule has 0 bridgehead atoms. The number of anilines is 2. The van der Waals surface area contributed by atoms with Crippen molar-refractivity contribution in [3.63, 3.8) is 0 Å². The van der Waals surface area contributed by atoms with Crippen molar-refractivity contribution in [2.24, 2.45) is 4.99 Å². The Kier molecular flexibility index (Phi) is 5.15. The lowest BCUT2D eigenvalue weighted by Gasteiger charge is -2.40. The number of ether oxygens (including phenoxy) is 2. The summed E-state index contributed by atoms with van der Waals surface area (Å²) in [7, 11) is 1.69. The van der Waals surface area contributed by atoms with Crippen molar-refractivity contribution in [3.05, 3.63) is 34.9 Å². The second-order valence-electron chi connectivity index (χ2n) is 9.14. The summed E-state index contributed by atoms with van der Waals surface area (Å²) in [6, 6.07) is 4.38. The first kappa shape index (κ1) is 21.1. The molecule has 174 valence electrons. The van der Waals surface area contributed by atoms with Crippen molar-refractivity contribution >= 4 is 35.2 Å². The van der Waals surface area contributed by atoms with Gasteiger partial charge in [0.2, 0.25) is 5.82 Å². The highest BCUT2D eigenvalue weighted by atomic mass is 35.5. The highest BCUT2D eigenvalue weighted by Crippen LogP contribution is 2.45. The number of nitrogens with zero attached hydrogens (tertiary/aromatic N) is 5. The summed E-state index contributed by atoms with van der Waals surface area (Å²) in [5.74, 6) is 0.794. The van der Waals surface area contributed by atoms with Crippen LogP contribution in [0.2, 0.25) is 5.02 Å². The van der Waals surface area contributed by atoms with Gasteiger partial charge in [0.1, 0.15) is 11.6 Å². The summed E-state index contributed by atoms with van der Waals surface area (Å²) in [5, 5.41) is 4.82. The summed E-state index contributed by atoms with van der Waals surface area (Å²) in [5.41, 5.74) is 1.12. The van der Waals surface area contributed by atoms with Gasteiger partial charge in [-0.1, -0.05) is 16.8 Å². The van der Waals surface area contributed by atoms with E-state index in [2.05, 4.69) is 15.1 Å². The van der Waals surface area contributed by atoms with Crippen molar-refractivity contribution in [1.82, 2.24) is 10.1 Å². The topological polar surface area (TPSA) is 93.3 Å². The Morgan fingerprint density at radius 2 is 2.09 bits per heavy atom. The average Bonchev–Trinajstić information content (AvgIpc) is 3.61. The van der Waals surface area contributed by atoms with Crippen molar-refractivity contribution in [3.8, 4) is 0 Å². The van der Waals surface area contributed by atoms with Gasteiger partial charge in [-0.15, -0.1) is 0 Å². The minimum atomic E-state index is -0.601. The van der Waals surface area contributed by atoms with Gasteiger partial charge in [-0.05, 0) is 56.7 Å². The van der Waals surface area contributed by atoms with E-state index in [4.69, 9.17) is 25.6 Å². The highest BCUT2D eigenvalue weighted by Gasteiger charge is 2.49. The van der Waals surface area contributed by atoms with E-state index in [0.717, 1.165) is 56.5 Å². The number of carbonyl (C=O) groups excluding carboxylic acids is 1. The number of methoxy groups -OCH3 is 1. The van der Waals surface area contributed by atoms with E-state index < -0.39 is 17.7 Å². The van der Waals surface area contributed by atoms with Gasteiger partial charge in [-0.2, -0.15) is 4.98 Å². The lowest BCUT2D eigenvalue weighted by molar-refractivity contribution is -0.120. The molecule has 3 unspecified atom stereocenters. The Bertz CT molecular complexity index is 1090.